The fourth-order valence-corrected chi connectivity index (χ4v) is 2.45. The van der Waals surface area contributed by atoms with Gasteiger partial charge in [-0.15, -0.1) is 0 Å². The lowest BCUT2D eigenvalue weighted by atomic mass is 10.2. The van der Waals surface area contributed by atoms with Crippen molar-refractivity contribution in [2.75, 3.05) is 23.8 Å². The smallest absolute Gasteiger partial charge is 0.248 e. The van der Waals surface area contributed by atoms with Crippen molar-refractivity contribution in [1.29, 1.82) is 0 Å². The van der Waals surface area contributed by atoms with E-state index in [1.807, 2.05) is 25.1 Å². The van der Waals surface area contributed by atoms with Gasteiger partial charge in [-0.1, -0.05) is 25.9 Å². The Morgan fingerprint density at radius 2 is 1.81 bits per heavy atom. The molecule has 1 aromatic heterocycles. The van der Waals surface area contributed by atoms with Crippen LogP contribution in [0.5, 0.6) is 11.5 Å². The first-order chi connectivity index (χ1) is 13.1. The lowest BCUT2D eigenvalue weighted by molar-refractivity contribution is -0.117. The molecule has 1 heterocycles. The second kappa shape index (κ2) is 10.4. The Morgan fingerprint density at radius 1 is 1.11 bits per heavy atom. The van der Waals surface area contributed by atoms with Crippen LogP contribution in [0.25, 0.3) is 0 Å². The molecule has 0 saturated heterocycles. The molecule has 0 bridgehead atoms. The molecule has 7 heteroatoms. The fraction of sp³-hybridized carbons (Fsp3) is 0.500. The van der Waals surface area contributed by atoms with Gasteiger partial charge in [0.1, 0.15) is 11.8 Å². The van der Waals surface area contributed by atoms with E-state index < -0.39 is 6.04 Å². The summed E-state index contributed by atoms with van der Waals surface area (Å²) in [5.41, 5.74) is 0.795. The van der Waals surface area contributed by atoms with Crippen LogP contribution in [0.15, 0.2) is 28.8 Å². The second-order valence-corrected chi connectivity index (χ2v) is 6.28. The number of aryl methyl sites for hydroxylation is 1. The molecule has 0 saturated carbocycles. The molecule has 1 aromatic carbocycles. The van der Waals surface area contributed by atoms with Crippen LogP contribution in [0.1, 0.15) is 45.8 Å². The Labute approximate surface area is 160 Å². The molecule has 0 aliphatic heterocycles. The van der Waals surface area contributed by atoms with Crippen LogP contribution in [0.2, 0.25) is 0 Å². The number of nitrogens with one attached hydrogen (secondary N) is 2. The highest BCUT2D eigenvalue weighted by Gasteiger charge is 2.18. The highest BCUT2D eigenvalue weighted by molar-refractivity contribution is 5.95. The molecule has 2 rings (SSSR count). The molecule has 7 nitrogen and oxygen atoms in total. The molecule has 27 heavy (non-hydrogen) atoms. The van der Waals surface area contributed by atoms with Gasteiger partial charge in [0.2, 0.25) is 5.91 Å². The first-order valence-electron chi connectivity index (χ1n) is 9.47. The van der Waals surface area contributed by atoms with E-state index in [9.17, 15) is 4.79 Å². The number of anilines is 2. The van der Waals surface area contributed by atoms with Gasteiger partial charge in [0.15, 0.2) is 17.3 Å². The largest absolute Gasteiger partial charge is 0.490 e. The minimum Gasteiger partial charge on any atom is -0.490 e. The topological polar surface area (TPSA) is 85.6 Å². The average molecular weight is 375 g/mol. The Kier molecular flexibility index (Phi) is 7.98. The SMILES string of the molecule is CCCOc1ccc(NC(CC)C(=O)Nc2cc(C)on2)cc1OCCC. The minimum atomic E-state index is -0.413. The summed E-state index contributed by atoms with van der Waals surface area (Å²) in [6.45, 7) is 9.07. The van der Waals surface area contributed by atoms with Crippen molar-refractivity contribution in [2.45, 2.75) is 53.0 Å². The number of nitrogens with zero attached hydrogens (tertiary/aromatic N) is 1. The van der Waals surface area contributed by atoms with Crippen LogP contribution in [-0.4, -0.2) is 30.3 Å². The van der Waals surface area contributed by atoms with Crippen molar-refractivity contribution in [3.05, 3.63) is 30.0 Å². The average Bonchev–Trinajstić information content (AvgIpc) is 3.07. The second-order valence-electron chi connectivity index (χ2n) is 6.28. The number of amides is 1. The predicted octanol–water partition coefficient (Wildman–Crippen LogP) is 4.39. The Morgan fingerprint density at radius 3 is 2.41 bits per heavy atom. The van der Waals surface area contributed by atoms with Crippen molar-refractivity contribution >= 4 is 17.4 Å². The van der Waals surface area contributed by atoms with Gasteiger partial charge in [0.05, 0.1) is 13.2 Å². The highest BCUT2D eigenvalue weighted by Crippen LogP contribution is 2.31. The lowest BCUT2D eigenvalue weighted by Gasteiger charge is -2.19. The van der Waals surface area contributed by atoms with Gasteiger partial charge in [-0.2, -0.15) is 0 Å². The van der Waals surface area contributed by atoms with Gasteiger partial charge >= 0.3 is 0 Å². The maximum atomic E-state index is 12.5. The first kappa shape index (κ1) is 20.6. The summed E-state index contributed by atoms with van der Waals surface area (Å²) in [6, 6.07) is 6.90. The summed E-state index contributed by atoms with van der Waals surface area (Å²) in [5, 5.41) is 9.81. The van der Waals surface area contributed by atoms with Gasteiger partial charge in [0, 0.05) is 17.8 Å². The molecule has 2 aromatic rings. The molecule has 0 aliphatic rings. The number of benzene rings is 1. The number of carbonyl (C=O) groups is 1. The predicted molar refractivity (Wildman–Crippen MR) is 106 cm³/mol. The van der Waals surface area contributed by atoms with Gasteiger partial charge in [0.25, 0.3) is 0 Å². The Hall–Kier alpha value is -2.70. The third-order valence-corrected chi connectivity index (χ3v) is 3.81. The number of hydrogen-bond donors (Lipinski definition) is 2. The molecule has 2 N–H and O–H groups in total. The molecule has 148 valence electrons. The van der Waals surface area contributed by atoms with E-state index in [-0.39, 0.29) is 5.91 Å². The van der Waals surface area contributed by atoms with Crippen LogP contribution in [0.4, 0.5) is 11.5 Å². The summed E-state index contributed by atoms with van der Waals surface area (Å²) in [7, 11) is 0. The molecule has 0 aliphatic carbocycles. The van der Waals surface area contributed by atoms with Crippen LogP contribution in [0, 0.1) is 6.92 Å². The summed E-state index contributed by atoms with van der Waals surface area (Å²) in [4.78, 5) is 12.5. The van der Waals surface area contributed by atoms with E-state index in [4.69, 9.17) is 14.0 Å². The van der Waals surface area contributed by atoms with E-state index in [0.717, 1.165) is 18.5 Å². The summed E-state index contributed by atoms with van der Waals surface area (Å²) >= 11 is 0. The maximum absolute atomic E-state index is 12.5. The van der Waals surface area contributed by atoms with Crippen LogP contribution >= 0.6 is 0 Å². The van der Waals surface area contributed by atoms with Crippen LogP contribution < -0.4 is 20.1 Å². The zero-order valence-electron chi connectivity index (χ0n) is 16.5. The third kappa shape index (κ3) is 6.20. The van der Waals surface area contributed by atoms with Gasteiger partial charge < -0.3 is 24.6 Å². The number of hydrogen-bond acceptors (Lipinski definition) is 6. The molecule has 1 unspecified atom stereocenters. The van der Waals surface area contributed by atoms with E-state index in [1.54, 1.807) is 13.0 Å². The maximum Gasteiger partial charge on any atom is 0.248 e. The Balaban J connectivity index is 2.08. The summed E-state index contributed by atoms with van der Waals surface area (Å²) in [6.07, 6.45) is 2.44. The summed E-state index contributed by atoms with van der Waals surface area (Å²) in [5.74, 6) is 2.27. The van der Waals surface area contributed by atoms with Crippen molar-refractivity contribution < 1.29 is 18.8 Å². The normalized spacial score (nSPS) is 11.7. The quantitative estimate of drug-likeness (QED) is 0.606. The molecule has 0 radical (unpaired) electrons. The van der Waals surface area contributed by atoms with Crippen molar-refractivity contribution in [3.8, 4) is 11.5 Å². The van der Waals surface area contributed by atoms with Crippen molar-refractivity contribution in [1.82, 2.24) is 5.16 Å². The molecular formula is C20H29N3O4. The minimum absolute atomic E-state index is 0.173. The number of ether oxygens (including phenoxy) is 2. The van der Waals surface area contributed by atoms with Crippen molar-refractivity contribution in [2.24, 2.45) is 0 Å². The molecular weight excluding hydrogens is 346 g/mol. The highest BCUT2D eigenvalue weighted by atomic mass is 16.5. The molecule has 1 amide bonds. The van der Waals surface area contributed by atoms with E-state index >= 15 is 0 Å². The van der Waals surface area contributed by atoms with Gasteiger partial charge in [-0.25, -0.2) is 0 Å². The lowest BCUT2D eigenvalue weighted by Crippen LogP contribution is -2.34. The van der Waals surface area contributed by atoms with E-state index in [1.165, 1.54) is 0 Å². The summed E-state index contributed by atoms with van der Waals surface area (Å²) < 4.78 is 16.5. The van der Waals surface area contributed by atoms with E-state index in [0.29, 0.717) is 42.7 Å². The van der Waals surface area contributed by atoms with E-state index in [2.05, 4.69) is 29.6 Å². The Bertz CT molecular complexity index is 730. The van der Waals surface area contributed by atoms with Crippen molar-refractivity contribution in [3.63, 3.8) is 0 Å². The zero-order valence-corrected chi connectivity index (χ0v) is 16.5. The fourth-order valence-electron chi connectivity index (χ4n) is 2.45. The zero-order chi connectivity index (χ0) is 19.6. The van der Waals surface area contributed by atoms with Gasteiger partial charge in [-0.3, -0.25) is 4.79 Å². The monoisotopic (exact) mass is 375 g/mol. The number of rotatable bonds is 11. The molecule has 0 spiro atoms. The first-order valence-corrected chi connectivity index (χ1v) is 9.47. The van der Waals surface area contributed by atoms with Crippen LogP contribution in [0.3, 0.4) is 0 Å². The number of aromatic nitrogens is 1. The van der Waals surface area contributed by atoms with Crippen LogP contribution in [-0.2, 0) is 4.79 Å². The molecule has 1 atom stereocenters. The van der Waals surface area contributed by atoms with Gasteiger partial charge in [-0.05, 0) is 38.3 Å². The molecule has 0 fully saturated rings. The third-order valence-electron chi connectivity index (χ3n) is 3.81. The standard InChI is InChI=1S/C20H29N3O4/c1-5-10-25-17-9-8-15(13-18(17)26-11-6-2)21-16(7-3)20(24)22-19-12-14(4)27-23-19/h8-9,12-13,16,21H,5-7,10-11H2,1-4H3,(H,22,23,24). The number of carbonyl (C=O) groups excluding carboxylic acids is 1.